The van der Waals surface area contributed by atoms with Crippen LogP contribution in [0.1, 0.15) is 12.8 Å². The number of morpholine rings is 1. The second-order valence-corrected chi connectivity index (χ2v) is 5.31. The highest BCUT2D eigenvalue weighted by atomic mass is 35.5. The first-order valence-electron chi connectivity index (χ1n) is 6.89. The Hall–Kier alpha value is -1.18. The lowest BCUT2D eigenvalue weighted by molar-refractivity contribution is 0.122. The van der Waals surface area contributed by atoms with Crippen molar-refractivity contribution < 1.29 is 9.84 Å². The smallest absolute Gasteiger partial charge is 0.231 e. The molecule has 0 aromatic carbocycles. The highest BCUT2D eigenvalue weighted by Gasteiger charge is 2.27. The number of aromatic nitrogens is 3. The Morgan fingerprint density at radius 1 is 1.15 bits per heavy atom. The van der Waals surface area contributed by atoms with Gasteiger partial charge in [-0.25, -0.2) is 0 Å². The van der Waals surface area contributed by atoms with Gasteiger partial charge >= 0.3 is 0 Å². The molecule has 20 heavy (non-hydrogen) atoms. The van der Waals surface area contributed by atoms with E-state index in [1.165, 1.54) is 0 Å². The molecule has 1 N–H and O–H groups in total. The molecule has 1 aromatic heterocycles. The van der Waals surface area contributed by atoms with Crippen LogP contribution in [-0.2, 0) is 4.74 Å². The summed E-state index contributed by atoms with van der Waals surface area (Å²) in [5.74, 6) is 1.15. The van der Waals surface area contributed by atoms with Crippen LogP contribution in [0.4, 0.5) is 11.9 Å². The van der Waals surface area contributed by atoms with Gasteiger partial charge in [0.15, 0.2) is 0 Å². The third kappa shape index (κ3) is 2.79. The molecule has 0 bridgehead atoms. The number of aliphatic hydroxyl groups excluding tert-OH is 1. The van der Waals surface area contributed by atoms with Gasteiger partial charge in [0.1, 0.15) is 0 Å². The van der Waals surface area contributed by atoms with Crippen molar-refractivity contribution in [1.82, 2.24) is 15.0 Å². The Morgan fingerprint density at radius 2 is 1.90 bits per heavy atom. The lowest BCUT2D eigenvalue weighted by Gasteiger charge is -2.28. The summed E-state index contributed by atoms with van der Waals surface area (Å²) < 4.78 is 5.33. The minimum Gasteiger partial charge on any atom is -0.394 e. The zero-order chi connectivity index (χ0) is 13.9. The molecule has 0 radical (unpaired) electrons. The molecule has 2 aliphatic heterocycles. The largest absolute Gasteiger partial charge is 0.394 e. The Kier molecular flexibility index (Phi) is 4.18. The first-order valence-corrected chi connectivity index (χ1v) is 7.27. The first kappa shape index (κ1) is 13.8. The molecule has 8 heteroatoms. The topological polar surface area (TPSA) is 74.6 Å². The summed E-state index contributed by atoms with van der Waals surface area (Å²) in [4.78, 5) is 17.0. The maximum Gasteiger partial charge on any atom is 0.231 e. The van der Waals surface area contributed by atoms with Gasteiger partial charge in [0.05, 0.1) is 25.9 Å². The fourth-order valence-electron chi connectivity index (χ4n) is 2.65. The number of nitrogens with zero attached hydrogens (tertiary/aromatic N) is 5. The normalized spacial score (nSPS) is 23.4. The maximum atomic E-state index is 9.41. The first-order chi connectivity index (χ1) is 9.78. The fourth-order valence-corrected chi connectivity index (χ4v) is 2.80. The average Bonchev–Trinajstić information content (AvgIpc) is 2.96. The number of hydrogen-bond acceptors (Lipinski definition) is 7. The van der Waals surface area contributed by atoms with Gasteiger partial charge in [0, 0.05) is 19.6 Å². The number of aliphatic hydroxyl groups is 1. The van der Waals surface area contributed by atoms with E-state index in [2.05, 4.69) is 15.0 Å². The molecule has 2 fully saturated rings. The van der Waals surface area contributed by atoms with Crippen molar-refractivity contribution in [3.8, 4) is 0 Å². The highest BCUT2D eigenvalue weighted by molar-refractivity contribution is 6.28. The summed E-state index contributed by atoms with van der Waals surface area (Å²) in [7, 11) is 0. The van der Waals surface area contributed by atoms with Gasteiger partial charge in [-0.15, -0.1) is 0 Å². The summed E-state index contributed by atoms with van der Waals surface area (Å²) in [5, 5.41) is 9.61. The van der Waals surface area contributed by atoms with E-state index in [0.717, 1.165) is 32.5 Å². The molecule has 7 nitrogen and oxygen atoms in total. The van der Waals surface area contributed by atoms with Crippen LogP contribution in [-0.4, -0.2) is 65.6 Å². The van der Waals surface area contributed by atoms with Crippen molar-refractivity contribution in [1.29, 1.82) is 0 Å². The van der Waals surface area contributed by atoms with Crippen LogP contribution in [0.25, 0.3) is 0 Å². The summed E-state index contributed by atoms with van der Waals surface area (Å²) in [5.41, 5.74) is 0. The molecule has 1 aromatic rings. The molecule has 110 valence electrons. The Morgan fingerprint density at radius 3 is 2.65 bits per heavy atom. The van der Waals surface area contributed by atoms with Gasteiger partial charge in [-0.3, -0.25) is 0 Å². The van der Waals surface area contributed by atoms with E-state index < -0.39 is 0 Å². The molecule has 0 saturated carbocycles. The van der Waals surface area contributed by atoms with Crippen LogP contribution >= 0.6 is 11.6 Å². The summed E-state index contributed by atoms with van der Waals surface area (Å²) >= 11 is 6.03. The van der Waals surface area contributed by atoms with E-state index >= 15 is 0 Å². The lowest BCUT2D eigenvalue weighted by atomic mass is 10.2. The average molecular weight is 300 g/mol. The molecule has 1 atom stereocenters. The predicted molar refractivity (Wildman–Crippen MR) is 75.3 cm³/mol. The van der Waals surface area contributed by atoms with E-state index in [1.54, 1.807) is 0 Å². The SMILES string of the molecule is OCC1CCCN1c1nc(Cl)nc(N2CCOCC2)n1. The lowest BCUT2D eigenvalue weighted by Crippen LogP contribution is -2.38. The van der Waals surface area contributed by atoms with Crippen LogP contribution in [0.2, 0.25) is 5.28 Å². The Labute approximate surface area is 122 Å². The quantitative estimate of drug-likeness (QED) is 0.861. The Balaban J connectivity index is 1.86. The number of rotatable bonds is 3. The van der Waals surface area contributed by atoms with Crippen molar-refractivity contribution >= 4 is 23.5 Å². The molecular weight excluding hydrogens is 282 g/mol. The van der Waals surface area contributed by atoms with Crippen molar-refractivity contribution in [2.75, 3.05) is 49.3 Å². The third-order valence-corrected chi connectivity index (χ3v) is 3.89. The molecule has 3 rings (SSSR count). The predicted octanol–water partition coefficient (Wildman–Crippen LogP) is 0.323. The summed E-state index contributed by atoms with van der Waals surface area (Å²) in [6.07, 6.45) is 1.98. The van der Waals surface area contributed by atoms with Gasteiger partial charge < -0.3 is 19.6 Å². The second kappa shape index (κ2) is 6.07. The van der Waals surface area contributed by atoms with Gasteiger partial charge in [-0.05, 0) is 24.4 Å². The van der Waals surface area contributed by atoms with Crippen molar-refractivity contribution in [3.05, 3.63) is 5.28 Å². The molecule has 2 saturated heterocycles. The van der Waals surface area contributed by atoms with Crippen molar-refractivity contribution in [2.24, 2.45) is 0 Å². The van der Waals surface area contributed by atoms with E-state index in [9.17, 15) is 5.11 Å². The third-order valence-electron chi connectivity index (χ3n) is 3.72. The van der Waals surface area contributed by atoms with Gasteiger partial charge in [-0.2, -0.15) is 15.0 Å². The number of halogens is 1. The minimum absolute atomic E-state index is 0.0750. The van der Waals surface area contributed by atoms with Gasteiger partial charge in [0.25, 0.3) is 0 Å². The number of anilines is 2. The van der Waals surface area contributed by atoms with Crippen LogP contribution in [0, 0.1) is 0 Å². The summed E-state index contributed by atoms with van der Waals surface area (Å²) in [6.45, 7) is 3.79. The fraction of sp³-hybridized carbons (Fsp3) is 0.750. The molecule has 0 aliphatic carbocycles. The molecular formula is C12H18ClN5O2. The van der Waals surface area contributed by atoms with Crippen LogP contribution < -0.4 is 9.80 Å². The second-order valence-electron chi connectivity index (χ2n) is 4.98. The van der Waals surface area contributed by atoms with Crippen molar-refractivity contribution in [3.63, 3.8) is 0 Å². The molecule has 3 heterocycles. The van der Waals surface area contributed by atoms with Crippen molar-refractivity contribution in [2.45, 2.75) is 18.9 Å². The molecule has 0 amide bonds. The zero-order valence-electron chi connectivity index (χ0n) is 11.2. The van der Waals surface area contributed by atoms with E-state index in [1.807, 2.05) is 9.80 Å². The van der Waals surface area contributed by atoms with Crippen LogP contribution in [0.5, 0.6) is 0 Å². The van der Waals surface area contributed by atoms with Gasteiger partial charge in [0.2, 0.25) is 17.2 Å². The minimum atomic E-state index is 0.0750. The Bertz CT molecular complexity index is 469. The van der Waals surface area contributed by atoms with Gasteiger partial charge in [-0.1, -0.05) is 0 Å². The number of hydrogen-bond donors (Lipinski definition) is 1. The standard InChI is InChI=1S/C12H18ClN5O2/c13-10-14-11(17-4-6-20-7-5-17)16-12(15-10)18-3-1-2-9(18)8-19/h9,19H,1-8H2. The monoisotopic (exact) mass is 299 g/mol. The zero-order valence-corrected chi connectivity index (χ0v) is 12.0. The summed E-state index contributed by atoms with van der Waals surface area (Å²) in [6, 6.07) is 0.0750. The van der Waals surface area contributed by atoms with E-state index in [0.29, 0.717) is 25.1 Å². The maximum absolute atomic E-state index is 9.41. The number of ether oxygens (including phenoxy) is 1. The van der Waals surface area contributed by atoms with Crippen LogP contribution in [0.3, 0.4) is 0 Å². The van der Waals surface area contributed by atoms with E-state index in [4.69, 9.17) is 16.3 Å². The molecule has 2 aliphatic rings. The highest BCUT2D eigenvalue weighted by Crippen LogP contribution is 2.24. The molecule has 1 unspecified atom stereocenters. The van der Waals surface area contributed by atoms with Crippen LogP contribution in [0.15, 0.2) is 0 Å². The molecule has 0 spiro atoms. The van der Waals surface area contributed by atoms with E-state index in [-0.39, 0.29) is 17.9 Å².